The van der Waals surface area contributed by atoms with Gasteiger partial charge in [0.05, 0.1) is 0 Å². The Labute approximate surface area is 118 Å². The van der Waals surface area contributed by atoms with Gasteiger partial charge >= 0.3 is 0 Å². The summed E-state index contributed by atoms with van der Waals surface area (Å²) in [6, 6.07) is 13.4. The van der Waals surface area contributed by atoms with Gasteiger partial charge in [-0.05, 0) is 43.0 Å². The van der Waals surface area contributed by atoms with Crippen LogP contribution in [0.4, 0.5) is 0 Å². The Balaban J connectivity index is 1.77. The maximum Gasteiger partial charge on any atom is 0.105 e. The summed E-state index contributed by atoms with van der Waals surface area (Å²) in [4.78, 5) is 5.82. The molecule has 3 heteroatoms. The molecule has 1 saturated carbocycles. The first kappa shape index (κ1) is 12.7. The normalized spacial score (nSPS) is 14.6. The largest absolute Gasteiger partial charge is 0.310 e. The second kappa shape index (κ2) is 5.76. The number of pyridine rings is 1. The maximum atomic E-state index is 4.54. The molecule has 1 aromatic heterocycles. The summed E-state index contributed by atoms with van der Waals surface area (Å²) >= 11 is 1.76. The van der Waals surface area contributed by atoms with Crippen LogP contribution in [-0.2, 0) is 6.54 Å². The van der Waals surface area contributed by atoms with E-state index in [1.165, 1.54) is 28.9 Å². The Bertz CT molecular complexity index is 564. The van der Waals surface area contributed by atoms with Crippen molar-refractivity contribution in [1.82, 2.24) is 10.3 Å². The number of hydrogen-bond donors (Lipinski definition) is 1. The van der Waals surface area contributed by atoms with E-state index in [2.05, 4.69) is 47.6 Å². The van der Waals surface area contributed by atoms with Gasteiger partial charge in [0.1, 0.15) is 5.03 Å². The quantitative estimate of drug-likeness (QED) is 0.894. The highest BCUT2D eigenvalue weighted by Gasteiger charge is 2.20. The lowest BCUT2D eigenvalue weighted by atomic mass is 10.2. The summed E-state index contributed by atoms with van der Waals surface area (Å²) in [7, 11) is 0. The molecule has 0 amide bonds. The van der Waals surface area contributed by atoms with Gasteiger partial charge in [-0.1, -0.05) is 36.0 Å². The van der Waals surface area contributed by atoms with Gasteiger partial charge in [0.2, 0.25) is 0 Å². The molecule has 1 aromatic carbocycles. The lowest BCUT2D eigenvalue weighted by Gasteiger charge is -2.10. The molecule has 1 aliphatic carbocycles. The molecule has 0 atom stereocenters. The Morgan fingerprint density at radius 3 is 2.84 bits per heavy atom. The van der Waals surface area contributed by atoms with Crippen LogP contribution < -0.4 is 5.32 Å². The van der Waals surface area contributed by atoms with Crippen LogP contribution in [0.15, 0.2) is 52.5 Å². The molecule has 0 aliphatic heterocycles. The molecule has 2 aromatic rings. The van der Waals surface area contributed by atoms with Gasteiger partial charge in [-0.2, -0.15) is 0 Å². The molecule has 0 spiro atoms. The summed E-state index contributed by atoms with van der Waals surface area (Å²) in [6.07, 6.45) is 4.52. The van der Waals surface area contributed by atoms with E-state index >= 15 is 0 Å². The Hall–Kier alpha value is -1.32. The topological polar surface area (TPSA) is 24.9 Å². The zero-order valence-corrected chi connectivity index (χ0v) is 11.9. The first-order chi connectivity index (χ1) is 9.33. The third-order valence-corrected chi connectivity index (χ3v) is 4.55. The van der Waals surface area contributed by atoms with Crippen molar-refractivity contribution >= 4 is 11.8 Å². The van der Waals surface area contributed by atoms with E-state index in [-0.39, 0.29) is 0 Å². The number of nitrogens with one attached hydrogen (secondary N) is 1. The SMILES string of the molecule is Cc1ccccc1Sc1ncccc1CNC1CC1. The van der Waals surface area contributed by atoms with Crippen LogP contribution in [0.3, 0.4) is 0 Å². The van der Waals surface area contributed by atoms with E-state index < -0.39 is 0 Å². The average molecular weight is 270 g/mol. The molecule has 3 rings (SSSR count). The molecule has 0 unspecified atom stereocenters. The van der Waals surface area contributed by atoms with Crippen LogP contribution in [0, 0.1) is 6.92 Å². The van der Waals surface area contributed by atoms with Crippen LogP contribution >= 0.6 is 11.8 Å². The third-order valence-electron chi connectivity index (χ3n) is 3.31. The van der Waals surface area contributed by atoms with Gasteiger partial charge < -0.3 is 5.32 Å². The molecular formula is C16H18N2S. The highest BCUT2D eigenvalue weighted by atomic mass is 32.2. The van der Waals surface area contributed by atoms with Crippen molar-refractivity contribution in [1.29, 1.82) is 0 Å². The van der Waals surface area contributed by atoms with Gasteiger partial charge in [-0.3, -0.25) is 0 Å². The zero-order valence-electron chi connectivity index (χ0n) is 11.1. The van der Waals surface area contributed by atoms with E-state index in [0.717, 1.165) is 17.6 Å². The number of aromatic nitrogens is 1. The van der Waals surface area contributed by atoms with E-state index in [4.69, 9.17) is 0 Å². The molecule has 98 valence electrons. The second-order valence-corrected chi connectivity index (χ2v) is 6.02. The molecule has 0 bridgehead atoms. The molecule has 1 N–H and O–H groups in total. The summed E-state index contributed by atoms with van der Waals surface area (Å²) in [5, 5.41) is 4.68. The van der Waals surface area contributed by atoms with Gasteiger partial charge in [-0.25, -0.2) is 4.98 Å². The van der Waals surface area contributed by atoms with Gasteiger partial charge in [0, 0.05) is 23.7 Å². The minimum absolute atomic E-state index is 0.733. The number of nitrogens with zero attached hydrogens (tertiary/aromatic N) is 1. The van der Waals surface area contributed by atoms with Crippen molar-refractivity contribution in [2.75, 3.05) is 0 Å². The van der Waals surface area contributed by atoms with Crippen molar-refractivity contribution < 1.29 is 0 Å². The maximum absolute atomic E-state index is 4.54. The molecular weight excluding hydrogens is 252 g/mol. The minimum atomic E-state index is 0.733. The van der Waals surface area contributed by atoms with Gasteiger partial charge in [0.15, 0.2) is 0 Å². The first-order valence-corrected chi connectivity index (χ1v) is 7.55. The van der Waals surface area contributed by atoms with Crippen molar-refractivity contribution in [3.63, 3.8) is 0 Å². The van der Waals surface area contributed by atoms with Crippen LogP contribution in [0.25, 0.3) is 0 Å². The Morgan fingerprint density at radius 1 is 1.21 bits per heavy atom. The average Bonchev–Trinajstić information content (AvgIpc) is 3.24. The molecule has 1 fully saturated rings. The summed E-state index contributed by atoms with van der Waals surface area (Å²) < 4.78 is 0. The summed E-state index contributed by atoms with van der Waals surface area (Å²) in [6.45, 7) is 3.07. The Morgan fingerprint density at radius 2 is 2.05 bits per heavy atom. The number of aryl methyl sites for hydroxylation is 1. The minimum Gasteiger partial charge on any atom is -0.310 e. The predicted octanol–water partition coefficient (Wildman–Crippen LogP) is 3.79. The van der Waals surface area contributed by atoms with E-state index in [0.29, 0.717) is 0 Å². The summed E-state index contributed by atoms with van der Waals surface area (Å²) in [5.41, 5.74) is 2.60. The fraction of sp³-hybridized carbons (Fsp3) is 0.312. The van der Waals surface area contributed by atoms with Crippen molar-refractivity contribution in [2.45, 2.75) is 42.3 Å². The smallest absolute Gasteiger partial charge is 0.105 e. The van der Waals surface area contributed by atoms with E-state index in [9.17, 15) is 0 Å². The van der Waals surface area contributed by atoms with Crippen molar-refractivity contribution in [3.05, 3.63) is 53.7 Å². The number of benzene rings is 1. The molecule has 19 heavy (non-hydrogen) atoms. The molecule has 0 saturated heterocycles. The lowest BCUT2D eigenvalue weighted by Crippen LogP contribution is -2.16. The van der Waals surface area contributed by atoms with E-state index in [1.807, 2.05) is 12.3 Å². The fourth-order valence-electron chi connectivity index (χ4n) is 1.97. The molecule has 1 aliphatic rings. The standard InChI is InChI=1S/C16H18N2S/c1-12-5-2-3-7-15(12)19-16-13(6-4-10-17-16)11-18-14-8-9-14/h2-7,10,14,18H,8-9,11H2,1H3. The number of hydrogen-bond acceptors (Lipinski definition) is 3. The van der Waals surface area contributed by atoms with Crippen LogP contribution in [0.1, 0.15) is 24.0 Å². The van der Waals surface area contributed by atoms with Crippen LogP contribution in [0.2, 0.25) is 0 Å². The lowest BCUT2D eigenvalue weighted by molar-refractivity contribution is 0.675. The van der Waals surface area contributed by atoms with Gasteiger partial charge in [0.25, 0.3) is 0 Å². The second-order valence-electron chi connectivity index (χ2n) is 4.99. The highest BCUT2D eigenvalue weighted by molar-refractivity contribution is 7.99. The Kier molecular flexibility index (Phi) is 3.85. The molecule has 2 nitrogen and oxygen atoms in total. The van der Waals surface area contributed by atoms with Crippen molar-refractivity contribution in [2.24, 2.45) is 0 Å². The molecule has 1 heterocycles. The first-order valence-electron chi connectivity index (χ1n) is 6.74. The third kappa shape index (κ3) is 3.37. The summed E-state index contributed by atoms with van der Waals surface area (Å²) in [5.74, 6) is 0. The van der Waals surface area contributed by atoms with Crippen LogP contribution in [0.5, 0.6) is 0 Å². The highest BCUT2D eigenvalue weighted by Crippen LogP contribution is 2.31. The van der Waals surface area contributed by atoms with Crippen LogP contribution in [-0.4, -0.2) is 11.0 Å². The molecule has 0 radical (unpaired) electrons. The van der Waals surface area contributed by atoms with Gasteiger partial charge in [-0.15, -0.1) is 0 Å². The fourth-order valence-corrected chi connectivity index (χ4v) is 2.94. The predicted molar refractivity (Wildman–Crippen MR) is 79.4 cm³/mol. The zero-order chi connectivity index (χ0) is 13.1. The van der Waals surface area contributed by atoms with E-state index in [1.54, 1.807) is 11.8 Å². The monoisotopic (exact) mass is 270 g/mol. The van der Waals surface area contributed by atoms with Crippen molar-refractivity contribution in [3.8, 4) is 0 Å². The number of rotatable bonds is 5.